The molecule has 3 N–H and O–H groups in total. The van der Waals surface area contributed by atoms with Gasteiger partial charge >= 0.3 is 0 Å². The number of nitrogens with zero attached hydrogens (tertiary/aromatic N) is 1. The standard InChI is InChI=1S/C13H22N4O2S.HI/c1-10-4-7-20-11(10)8-16-13(14-2)17-9-12(18)15-5-6-19-3;/h4,7H,5-6,8-9H2,1-3H3,(H,15,18)(H2,14,16,17);1H. The maximum Gasteiger partial charge on any atom is 0.239 e. The second kappa shape index (κ2) is 11.8. The van der Waals surface area contributed by atoms with Crippen molar-refractivity contribution in [1.29, 1.82) is 0 Å². The van der Waals surface area contributed by atoms with Gasteiger partial charge < -0.3 is 20.7 Å². The Bertz CT molecular complexity index is 451. The van der Waals surface area contributed by atoms with Crippen molar-refractivity contribution in [2.75, 3.05) is 33.9 Å². The van der Waals surface area contributed by atoms with E-state index in [4.69, 9.17) is 4.74 Å². The SMILES string of the molecule is CN=C(NCC(=O)NCCOC)NCc1sccc1C.I. The van der Waals surface area contributed by atoms with Gasteiger partial charge in [-0.25, -0.2) is 0 Å². The van der Waals surface area contributed by atoms with Gasteiger partial charge in [-0.15, -0.1) is 35.3 Å². The third-order valence-corrected chi connectivity index (χ3v) is 3.68. The van der Waals surface area contributed by atoms with Gasteiger partial charge in [0.1, 0.15) is 0 Å². The number of hydrogen-bond acceptors (Lipinski definition) is 4. The lowest BCUT2D eigenvalue weighted by molar-refractivity contribution is -0.120. The van der Waals surface area contributed by atoms with Gasteiger partial charge in [0.05, 0.1) is 19.7 Å². The minimum absolute atomic E-state index is 0. The van der Waals surface area contributed by atoms with E-state index in [-0.39, 0.29) is 36.4 Å². The molecule has 0 saturated carbocycles. The Labute approximate surface area is 146 Å². The number of carbonyl (C=O) groups excluding carboxylic acids is 1. The van der Waals surface area contributed by atoms with Crippen LogP contribution in [0.1, 0.15) is 10.4 Å². The van der Waals surface area contributed by atoms with E-state index < -0.39 is 0 Å². The van der Waals surface area contributed by atoms with Crippen molar-refractivity contribution < 1.29 is 9.53 Å². The number of halogens is 1. The lowest BCUT2D eigenvalue weighted by atomic mass is 10.3. The number of thiophene rings is 1. The van der Waals surface area contributed by atoms with Crippen molar-refractivity contribution in [3.8, 4) is 0 Å². The zero-order valence-electron chi connectivity index (χ0n) is 12.6. The molecule has 0 spiro atoms. The molecular weight excluding hydrogens is 403 g/mol. The molecule has 0 aromatic carbocycles. The molecule has 0 atom stereocenters. The zero-order chi connectivity index (χ0) is 14.8. The van der Waals surface area contributed by atoms with E-state index in [0.29, 0.717) is 25.7 Å². The van der Waals surface area contributed by atoms with Crippen LogP contribution in [0.2, 0.25) is 0 Å². The molecule has 6 nitrogen and oxygen atoms in total. The lowest BCUT2D eigenvalue weighted by Gasteiger charge is -2.11. The molecule has 21 heavy (non-hydrogen) atoms. The molecular formula is C13H23IN4O2S. The summed E-state index contributed by atoms with van der Waals surface area (Å²) < 4.78 is 4.86. The van der Waals surface area contributed by atoms with Crippen LogP contribution in [0, 0.1) is 6.92 Å². The van der Waals surface area contributed by atoms with Crippen molar-refractivity contribution in [3.63, 3.8) is 0 Å². The van der Waals surface area contributed by atoms with Crippen LogP contribution in [0.25, 0.3) is 0 Å². The largest absolute Gasteiger partial charge is 0.383 e. The smallest absolute Gasteiger partial charge is 0.239 e. The average Bonchev–Trinajstić information content (AvgIpc) is 2.85. The Morgan fingerprint density at radius 3 is 2.71 bits per heavy atom. The number of rotatable bonds is 7. The molecule has 120 valence electrons. The monoisotopic (exact) mass is 426 g/mol. The Kier molecular flexibility index (Phi) is 11.3. The van der Waals surface area contributed by atoms with Crippen molar-refractivity contribution in [2.45, 2.75) is 13.5 Å². The molecule has 0 bridgehead atoms. The van der Waals surface area contributed by atoms with Crippen LogP contribution in [0.15, 0.2) is 16.4 Å². The van der Waals surface area contributed by atoms with Crippen molar-refractivity contribution in [3.05, 3.63) is 21.9 Å². The molecule has 1 aromatic rings. The molecule has 0 aliphatic heterocycles. The van der Waals surface area contributed by atoms with Crippen LogP contribution in [0.5, 0.6) is 0 Å². The zero-order valence-corrected chi connectivity index (χ0v) is 15.7. The van der Waals surface area contributed by atoms with E-state index in [1.807, 2.05) is 0 Å². The molecule has 1 aromatic heterocycles. The van der Waals surface area contributed by atoms with Gasteiger partial charge in [-0.1, -0.05) is 0 Å². The summed E-state index contributed by atoms with van der Waals surface area (Å²) in [6, 6.07) is 2.08. The van der Waals surface area contributed by atoms with E-state index >= 15 is 0 Å². The third-order valence-electron chi connectivity index (χ3n) is 2.65. The molecule has 0 saturated heterocycles. The van der Waals surface area contributed by atoms with E-state index in [0.717, 1.165) is 0 Å². The number of aliphatic imine (C=N–C) groups is 1. The normalized spacial score (nSPS) is 10.7. The number of carbonyl (C=O) groups is 1. The summed E-state index contributed by atoms with van der Waals surface area (Å²) in [6.45, 7) is 3.99. The van der Waals surface area contributed by atoms with Gasteiger partial charge in [0.25, 0.3) is 0 Å². The van der Waals surface area contributed by atoms with E-state index in [1.54, 1.807) is 25.5 Å². The van der Waals surface area contributed by atoms with Gasteiger partial charge in [0, 0.05) is 25.6 Å². The maximum atomic E-state index is 11.5. The summed E-state index contributed by atoms with van der Waals surface area (Å²) in [4.78, 5) is 16.9. The lowest BCUT2D eigenvalue weighted by Crippen LogP contribution is -2.43. The molecule has 0 aliphatic carbocycles. The molecule has 0 radical (unpaired) electrons. The van der Waals surface area contributed by atoms with E-state index in [2.05, 4.69) is 39.3 Å². The first-order chi connectivity index (χ1) is 9.67. The summed E-state index contributed by atoms with van der Waals surface area (Å²) in [6.07, 6.45) is 0. The minimum atomic E-state index is -0.0858. The highest BCUT2D eigenvalue weighted by Crippen LogP contribution is 2.14. The molecule has 0 aliphatic rings. The second-order valence-electron chi connectivity index (χ2n) is 4.15. The Hall–Kier alpha value is -0.870. The predicted molar refractivity (Wildman–Crippen MR) is 97.6 cm³/mol. The van der Waals surface area contributed by atoms with Gasteiger partial charge in [0.2, 0.25) is 5.91 Å². The Morgan fingerprint density at radius 1 is 1.38 bits per heavy atom. The summed E-state index contributed by atoms with van der Waals surface area (Å²) in [5.41, 5.74) is 1.26. The molecule has 8 heteroatoms. The summed E-state index contributed by atoms with van der Waals surface area (Å²) in [5, 5.41) is 10.9. The fraction of sp³-hybridized carbons (Fsp3) is 0.538. The highest BCUT2D eigenvalue weighted by atomic mass is 127. The first-order valence-corrected chi connectivity index (χ1v) is 7.28. The van der Waals surface area contributed by atoms with Crippen LogP contribution in [0.4, 0.5) is 0 Å². The molecule has 0 fully saturated rings. The number of guanidine groups is 1. The van der Waals surface area contributed by atoms with Gasteiger partial charge in [-0.05, 0) is 23.9 Å². The molecule has 1 rings (SSSR count). The Morgan fingerprint density at radius 2 is 2.14 bits per heavy atom. The third kappa shape index (κ3) is 8.22. The average molecular weight is 426 g/mol. The van der Waals surface area contributed by atoms with E-state index in [1.165, 1.54) is 10.4 Å². The van der Waals surface area contributed by atoms with Gasteiger partial charge in [-0.2, -0.15) is 0 Å². The number of ether oxygens (including phenoxy) is 1. The van der Waals surface area contributed by atoms with Crippen LogP contribution >= 0.6 is 35.3 Å². The van der Waals surface area contributed by atoms with Gasteiger partial charge in [0.15, 0.2) is 5.96 Å². The first kappa shape index (κ1) is 20.1. The highest BCUT2D eigenvalue weighted by molar-refractivity contribution is 14.0. The highest BCUT2D eigenvalue weighted by Gasteiger charge is 2.04. The minimum Gasteiger partial charge on any atom is -0.383 e. The molecule has 1 amide bonds. The van der Waals surface area contributed by atoms with E-state index in [9.17, 15) is 4.79 Å². The van der Waals surface area contributed by atoms with Crippen molar-refractivity contribution in [2.24, 2.45) is 4.99 Å². The fourth-order valence-corrected chi connectivity index (χ4v) is 2.33. The Balaban J connectivity index is 0.00000400. The summed E-state index contributed by atoms with van der Waals surface area (Å²) in [7, 11) is 3.28. The number of methoxy groups -OCH3 is 1. The van der Waals surface area contributed by atoms with Crippen LogP contribution < -0.4 is 16.0 Å². The van der Waals surface area contributed by atoms with Crippen molar-refractivity contribution >= 4 is 47.2 Å². The van der Waals surface area contributed by atoms with Crippen LogP contribution in [-0.2, 0) is 16.1 Å². The molecule has 1 heterocycles. The number of nitrogens with one attached hydrogen (secondary N) is 3. The predicted octanol–water partition coefficient (Wildman–Crippen LogP) is 1.10. The number of amides is 1. The van der Waals surface area contributed by atoms with Crippen molar-refractivity contribution in [1.82, 2.24) is 16.0 Å². The topological polar surface area (TPSA) is 74.8 Å². The quantitative estimate of drug-likeness (QED) is 0.264. The summed E-state index contributed by atoms with van der Waals surface area (Å²) in [5.74, 6) is 0.525. The van der Waals surface area contributed by atoms with Crippen LogP contribution in [0.3, 0.4) is 0 Å². The number of aryl methyl sites for hydroxylation is 1. The molecule has 0 unspecified atom stereocenters. The maximum absolute atomic E-state index is 11.5. The van der Waals surface area contributed by atoms with Gasteiger partial charge in [-0.3, -0.25) is 9.79 Å². The fourth-order valence-electron chi connectivity index (χ4n) is 1.49. The second-order valence-corrected chi connectivity index (χ2v) is 5.15. The van der Waals surface area contributed by atoms with Crippen LogP contribution in [-0.4, -0.2) is 45.7 Å². The summed E-state index contributed by atoms with van der Waals surface area (Å²) >= 11 is 1.70. The first-order valence-electron chi connectivity index (χ1n) is 6.40. The number of hydrogen-bond donors (Lipinski definition) is 3.